The molecule has 0 heteroatoms. The number of hydrogen-bond donors (Lipinski definition) is 0. The molecule has 0 N–H and O–H groups in total. The Balaban J connectivity index is 1.61. The van der Waals surface area contributed by atoms with E-state index in [-0.39, 0.29) is 0 Å². The molecule has 0 aromatic heterocycles. The van der Waals surface area contributed by atoms with E-state index in [1.807, 2.05) is 0 Å². The van der Waals surface area contributed by atoms with Gasteiger partial charge in [0.05, 0.1) is 0 Å². The first kappa shape index (κ1) is 24.6. The Hall–Kier alpha value is 0. The van der Waals surface area contributed by atoms with Crippen molar-refractivity contribution in [3.8, 4) is 0 Å². The summed E-state index contributed by atoms with van der Waals surface area (Å²) in [6.45, 7) is 19.9. The Kier molecular flexibility index (Phi) is 8.10. The monoisotopic (exact) mass is 416 g/mol. The molecular formula is C30H56. The van der Waals surface area contributed by atoms with Crippen molar-refractivity contribution < 1.29 is 0 Å². The van der Waals surface area contributed by atoms with Gasteiger partial charge in [0.25, 0.3) is 0 Å². The molecule has 3 aliphatic carbocycles. The second-order valence-corrected chi connectivity index (χ2v) is 14.6. The van der Waals surface area contributed by atoms with Crippen LogP contribution in [-0.2, 0) is 0 Å². The van der Waals surface area contributed by atoms with E-state index >= 15 is 0 Å². The van der Waals surface area contributed by atoms with Gasteiger partial charge in [0.2, 0.25) is 0 Å². The Morgan fingerprint density at radius 3 is 1.97 bits per heavy atom. The van der Waals surface area contributed by atoms with Crippen molar-refractivity contribution in [3.05, 3.63) is 0 Å². The molecule has 0 saturated heterocycles. The molecule has 3 rings (SSSR count). The molecule has 0 nitrogen and oxygen atoms in total. The minimum Gasteiger partial charge on any atom is -0.0625 e. The lowest BCUT2D eigenvalue weighted by molar-refractivity contribution is 0.156. The van der Waals surface area contributed by atoms with Crippen molar-refractivity contribution in [2.45, 2.75) is 132 Å². The molecule has 6 unspecified atom stereocenters. The van der Waals surface area contributed by atoms with E-state index in [0.717, 1.165) is 47.3 Å². The van der Waals surface area contributed by atoms with Gasteiger partial charge < -0.3 is 0 Å². The van der Waals surface area contributed by atoms with Gasteiger partial charge in [-0.1, -0.05) is 93.9 Å². The zero-order valence-electron chi connectivity index (χ0n) is 22.1. The highest BCUT2D eigenvalue weighted by Gasteiger charge is 2.47. The average molecular weight is 417 g/mol. The van der Waals surface area contributed by atoms with Crippen LogP contribution in [0.25, 0.3) is 0 Å². The van der Waals surface area contributed by atoms with Crippen LogP contribution in [0.1, 0.15) is 132 Å². The molecule has 176 valence electrons. The maximum absolute atomic E-state index is 2.66. The van der Waals surface area contributed by atoms with Crippen molar-refractivity contribution in [1.29, 1.82) is 0 Å². The first-order chi connectivity index (χ1) is 13.9. The lowest BCUT2D eigenvalue weighted by Gasteiger charge is -2.34. The van der Waals surface area contributed by atoms with Crippen LogP contribution >= 0.6 is 0 Å². The van der Waals surface area contributed by atoms with Gasteiger partial charge >= 0.3 is 0 Å². The predicted molar refractivity (Wildman–Crippen MR) is 134 cm³/mol. The smallest absolute Gasteiger partial charge is 0.0352 e. The molecule has 0 aromatic carbocycles. The third-order valence-corrected chi connectivity index (χ3v) is 10.1. The van der Waals surface area contributed by atoms with Crippen LogP contribution in [0, 0.1) is 58.2 Å². The van der Waals surface area contributed by atoms with Crippen LogP contribution in [0.3, 0.4) is 0 Å². The van der Waals surface area contributed by atoms with Gasteiger partial charge in [0, 0.05) is 0 Å². The van der Waals surface area contributed by atoms with Gasteiger partial charge in [-0.2, -0.15) is 0 Å². The third-order valence-electron chi connectivity index (χ3n) is 10.1. The number of hydrogen-bond acceptors (Lipinski definition) is 0. The Bertz CT molecular complexity index is 509. The Morgan fingerprint density at radius 1 is 0.700 bits per heavy atom. The summed E-state index contributed by atoms with van der Waals surface area (Å²) < 4.78 is 0. The first-order valence-corrected chi connectivity index (χ1v) is 13.9. The van der Waals surface area contributed by atoms with E-state index < -0.39 is 0 Å². The molecule has 3 fully saturated rings. The molecule has 3 aliphatic rings. The van der Waals surface area contributed by atoms with Crippen LogP contribution in [-0.4, -0.2) is 0 Å². The molecule has 3 saturated carbocycles. The third kappa shape index (κ3) is 6.51. The summed E-state index contributed by atoms with van der Waals surface area (Å²) >= 11 is 0. The normalized spacial score (nSPS) is 40.8. The quantitative estimate of drug-likeness (QED) is 0.404. The minimum absolute atomic E-state index is 0.502. The maximum Gasteiger partial charge on any atom is -0.0352 e. The summed E-state index contributed by atoms with van der Waals surface area (Å²) in [6.07, 6.45) is 18.1. The molecular weight excluding hydrogens is 360 g/mol. The summed E-state index contributed by atoms with van der Waals surface area (Å²) in [7, 11) is 0. The molecule has 6 atom stereocenters. The van der Waals surface area contributed by atoms with Crippen molar-refractivity contribution in [2.75, 3.05) is 0 Å². The molecule has 0 spiro atoms. The van der Waals surface area contributed by atoms with E-state index in [2.05, 4.69) is 55.4 Å². The minimum atomic E-state index is 0.502. The van der Waals surface area contributed by atoms with Crippen molar-refractivity contribution in [1.82, 2.24) is 0 Å². The highest BCUT2D eigenvalue weighted by atomic mass is 14.5. The lowest BCUT2D eigenvalue weighted by atomic mass is 9.71. The van der Waals surface area contributed by atoms with Gasteiger partial charge in [-0.05, 0) is 96.7 Å². The zero-order valence-corrected chi connectivity index (χ0v) is 22.1. The number of rotatable bonds is 6. The van der Waals surface area contributed by atoms with Crippen LogP contribution in [0.4, 0.5) is 0 Å². The summed E-state index contributed by atoms with van der Waals surface area (Å²) in [5.74, 6) is 8.10. The second-order valence-electron chi connectivity index (χ2n) is 14.6. The molecule has 30 heavy (non-hydrogen) atoms. The fourth-order valence-electron chi connectivity index (χ4n) is 7.84. The van der Waals surface area contributed by atoms with Crippen molar-refractivity contribution in [2.24, 2.45) is 58.2 Å². The molecule has 0 radical (unpaired) electrons. The maximum atomic E-state index is 2.66. The van der Waals surface area contributed by atoms with E-state index in [1.54, 1.807) is 19.3 Å². The van der Waals surface area contributed by atoms with Gasteiger partial charge in [-0.3, -0.25) is 0 Å². The first-order valence-electron chi connectivity index (χ1n) is 13.9. The van der Waals surface area contributed by atoms with Crippen LogP contribution in [0.2, 0.25) is 0 Å². The van der Waals surface area contributed by atoms with E-state index in [4.69, 9.17) is 0 Å². The van der Waals surface area contributed by atoms with Gasteiger partial charge in [0.15, 0.2) is 0 Å². The van der Waals surface area contributed by atoms with Crippen molar-refractivity contribution in [3.63, 3.8) is 0 Å². The predicted octanol–water partition coefficient (Wildman–Crippen LogP) is 9.77. The summed E-state index contributed by atoms with van der Waals surface area (Å²) in [5.41, 5.74) is 1.01. The SMILES string of the molecule is CC1CCC(CC2CC(C(C)(C)C)CC2C2CCC(CCCC(C)(C)C)C2C)CC1. The van der Waals surface area contributed by atoms with Gasteiger partial charge in [0.1, 0.15) is 0 Å². The summed E-state index contributed by atoms with van der Waals surface area (Å²) in [6, 6.07) is 0. The molecule has 0 amide bonds. The summed E-state index contributed by atoms with van der Waals surface area (Å²) in [4.78, 5) is 0. The standard InChI is InChI=1S/C30H56/c1-21-11-13-23(14-12-21)18-25-19-26(30(6,7)8)20-28(25)27-16-15-24(22(27)2)10-9-17-29(3,4)5/h21-28H,9-20H2,1-8H3. The molecule has 0 heterocycles. The average Bonchev–Trinajstić information content (AvgIpc) is 3.20. The van der Waals surface area contributed by atoms with E-state index in [9.17, 15) is 0 Å². The Labute approximate surface area is 190 Å². The molecule has 0 bridgehead atoms. The van der Waals surface area contributed by atoms with E-state index in [1.165, 1.54) is 57.8 Å². The molecule has 0 aliphatic heterocycles. The van der Waals surface area contributed by atoms with Crippen LogP contribution in [0.15, 0.2) is 0 Å². The summed E-state index contributed by atoms with van der Waals surface area (Å²) in [5, 5.41) is 0. The van der Waals surface area contributed by atoms with Crippen molar-refractivity contribution >= 4 is 0 Å². The van der Waals surface area contributed by atoms with Crippen LogP contribution in [0.5, 0.6) is 0 Å². The highest BCUT2D eigenvalue weighted by Crippen LogP contribution is 2.56. The topological polar surface area (TPSA) is 0 Å². The fraction of sp³-hybridized carbons (Fsp3) is 1.00. The van der Waals surface area contributed by atoms with Gasteiger partial charge in [-0.25, -0.2) is 0 Å². The largest absolute Gasteiger partial charge is 0.0625 e. The van der Waals surface area contributed by atoms with Gasteiger partial charge in [-0.15, -0.1) is 0 Å². The molecule has 0 aromatic rings. The second kappa shape index (κ2) is 9.87. The fourth-order valence-corrected chi connectivity index (χ4v) is 7.84. The Morgan fingerprint density at radius 2 is 1.37 bits per heavy atom. The van der Waals surface area contributed by atoms with Crippen LogP contribution < -0.4 is 0 Å². The van der Waals surface area contributed by atoms with E-state index in [0.29, 0.717) is 10.8 Å². The highest BCUT2D eigenvalue weighted by molar-refractivity contribution is 4.97. The lowest BCUT2D eigenvalue weighted by Crippen LogP contribution is -2.26. The zero-order chi connectivity index (χ0) is 22.1.